The van der Waals surface area contributed by atoms with Gasteiger partial charge >= 0.3 is 0 Å². The van der Waals surface area contributed by atoms with Crippen LogP contribution in [0.5, 0.6) is 0 Å². The van der Waals surface area contributed by atoms with Crippen LogP contribution in [0.2, 0.25) is 0 Å². The average molecular weight is 287 g/mol. The first kappa shape index (κ1) is 15.0. The molecule has 1 saturated heterocycles. The fourth-order valence-corrected chi connectivity index (χ4v) is 3.04. The Balaban J connectivity index is 1.44. The van der Waals surface area contributed by atoms with E-state index in [0.29, 0.717) is 0 Å². The molecule has 0 unspecified atom stereocenters. The van der Waals surface area contributed by atoms with Gasteiger partial charge < -0.3 is 10.2 Å². The zero-order valence-electron chi connectivity index (χ0n) is 13.4. The van der Waals surface area contributed by atoms with Gasteiger partial charge in [-0.15, -0.1) is 0 Å². The Labute approximate surface area is 129 Å². The molecular weight excluding hydrogens is 258 g/mol. The van der Waals surface area contributed by atoms with E-state index in [-0.39, 0.29) is 0 Å². The summed E-state index contributed by atoms with van der Waals surface area (Å²) >= 11 is 0. The van der Waals surface area contributed by atoms with Gasteiger partial charge in [-0.25, -0.2) is 0 Å². The number of rotatable bonds is 6. The summed E-state index contributed by atoms with van der Waals surface area (Å²) in [6, 6.07) is 10.1. The molecule has 1 saturated carbocycles. The van der Waals surface area contributed by atoms with E-state index in [0.717, 1.165) is 25.6 Å². The monoisotopic (exact) mass is 287 g/mol. The summed E-state index contributed by atoms with van der Waals surface area (Å²) in [7, 11) is 2.23. The van der Waals surface area contributed by atoms with Crippen molar-refractivity contribution in [2.45, 2.75) is 38.3 Å². The second kappa shape index (κ2) is 7.39. The molecule has 1 heterocycles. The van der Waals surface area contributed by atoms with Crippen LogP contribution >= 0.6 is 0 Å². The molecule has 1 N–H and O–H groups in total. The largest absolute Gasteiger partial charge is 0.314 e. The van der Waals surface area contributed by atoms with Gasteiger partial charge in [0.25, 0.3) is 0 Å². The van der Waals surface area contributed by atoms with Gasteiger partial charge in [-0.1, -0.05) is 24.3 Å². The van der Waals surface area contributed by atoms with Crippen molar-refractivity contribution in [2.75, 3.05) is 39.8 Å². The normalized spacial score (nSPS) is 21.4. The quantitative estimate of drug-likeness (QED) is 0.864. The van der Waals surface area contributed by atoms with E-state index in [9.17, 15) is 0 Å². The molecule has 0 radical (unpaired) electrons. The van der Waals surface area contributed by atoms with E-state index < -0.39 is 0 Å². The standard InChI is InChI=1S/C18H29N3/c1-20-11-2-12-21(14-13-20)15-17-5-3-16(4-6-17)9-10-19-18-7-8-18/h3-6,18-19H,2,7-15H2,1H3. The van der Waals surface area contributed by atoms with Crippen molar-refractivity contribution in [3.63, 3.8) is 0 Å². The number of hydrogen-bond donors (Lipinski definition) is 1. The number of nitrogens with one attached hydrogen (secondary N) is 1. The van der Waals surface area contributed by atoms with Crippen molar-refractivity contribution in [1.82, 2.24) is 15.1 Å². The molecule has 2 fully saturated rings. The number of hydrogen-bond acceptors (Lipinski definition) is 3. The van der Waals surface area contributed by atoms with Crippen LogP contribution in [-0.2, 0) is 13.0 Å². The molecule has 1 aliphatic carbocycles. The topological polar surface area (TPSA) is 18.5 Å². The molecule has 3 nitrogen and oxygen atoms in total. The molecule has 1 aromatic rings. The molecule has 0 aromatic heterocycles. The molecule has 2 aliphatic rings. The third kappa shape index (κ3) is 5.10. The maximum Gasteiger partial charge on any atom is 0.0234 e. The summed E-state index contributed by atoms with van der Waals surface area (Å²) in [6.07, 6.45) is 5.21. The number of likely N-dealkylation sites (N-methyl/N-ethyl adjacent to an activating group) is 1. The van der Waals surface area contributed by atoms with Gasteiger partial charge in [-0.05, 0) is 63.5 Å². The minimum absolute atomic E-state index is 0.824. The molecular formula is C18H29N3. The molecule has 1 aromatic carbocycles. The highest BCUT2D eigenvalue weighted by molar-refractivity contribution is 5.22. The molecule has 0 spiro atoms. The van der Waals surface area contributed by atoms with Gasteiger partial charge in [-0.2, -0.15) is 0 Å². The van der Waals surface area contributed by atoms with Crippen molar-refractivity contribution in [3.05, 3.63) is 35.4 Å². The van der Waals surface area contributed by atoms with Gasteiger partial charge in [0.1, 0.15) is 0 Å². The van der Waals surface area contributed by atoms with E-state index in [1.807, 2.05) is 0 Å². The van der Waals surface area contributed by atoms with Crippen LogP contribution in [0.3, 0.4) is 0 Å². The Morgan fingerprint density at radius 2 is 1.76 bits per heavy atom. The summed E-state index contributed by atoms with van der Waals surface area (Å²) < 4.78 is 0. The Morgan fingerprint density at radius 1 is 1.00 bits per heavy atom. The first-order valence-electron chi connectivity index (χ1n) is 8.52. The Kier molecular flexibility index (Phi) is 5.28. The molecule has 0 atom stereocenters. The molecule has 0 amide bonds. The van der Waals surface area contributed by atoms with Crippen molar-refractivity contribution in [1.29, 1.82) is 0 Å². The summed E-state index contributed by atoms with van der Waals surface area (Å²) in [5, 5.41) is 3.58. The van der Waals surface area contributed by atoms with Crippen molar-refractivity contribution in [2.24, 2.45) is 0 Å². The van der Waals surface area contributed by atoms with Gasteiger partial charge in [-0.3, -0.25) is 4.90 Å². The lowest BCUT2D eigenvalue weighted by Crippen LogP contribution is -2.28. The summed E-state index contributed by atoms with van der Waals surface area (Å²) in [4.78, 5) is 5.03. The Hall–Kier alpha value is -0.900. The summed E-state index contributed by atoms with van der Waals surface area (Å²) in [6.45, 7) is 7.10. The second-order valence-electron chi connectivity index (χ2n) is 6.73. The predicted octanol–water partition coefficient (Wildman–Crippen LogP) is 2.12. The molecule has 21 heavy (non-hydrogen) atoms. The second-order valence-corrected chi connectivity index (χ2v) is 6.73. The van der Waals surface area contributed by atoms with Crippen LogP contribution in [0.1, 0.15) is 30.4 Å². The Bertz CT molecular complexity index is 425. The van der Waals surface area contributed by atoms with Crippen molar-refractivity contribution >= 4 is 0 Å². The van der Waals surface area contributed by atoms with E-state index in [1.54, 1.807) is 0 Å². The van der Waals surface area contributed by atoms with Crippen LogP contribution in [0, 0.1) is 0 Å². The first-order chi connectivity index (χ1) is 10.3. The van der Waals surface area contributed by atoms with Crippen LogP contribution in [0.25, 0.3) is 0 Å². The molecule has 3 rings (SSSR count). The van der Waals surface area contributed by atoms with Crippen LogP contribution in [0.4, 0.5) is 0 Å². The lowest BCUT2D eigenvalue weighted by molar-refractivity contribution is 0.269. The molecule has 1 aliphatic heterocycles. The molecule has 0 bridgehead atoms. The third-order valence-electron chi connectivity index (χ3n) is 4.67. The van der Waals surface area contributed by atoms with Gasteiger partial charge in [0.05, 0.1) is 0 Å². The third-order valence-corrected chi connectivity index (χ3v) is 4.67. The van der Waals surface area contributed by atoms with E-state index in [2.05, 4.69) is 46.4 Å². The fourth-order valence-electron chi connectivity index (χ4n) is 3.04. The lowest BCUT2D eigenvalue weighted by atomic mass is 10.1. The minimum Gasteiger partial charge on any atom is -0.314 e. The SMILES string of the molecule is CN1CCCN(Cc2ccc(CCNC3CC3)cc2)CC1. The molecule has 3 heteroatoms. The van der Waals surface area contributed by atoms with Crippen molar-refractivity contribution < 1.29 is 0 Å². The van der Waals surface area contributed by atoms with Crippen LogP contribution < -0.4 is 5.32 Å². The summed E-state index contributed by atoms with van der Waals surface area (Å²) in [5.41, 5.74) is 2.92. The van der Waals surface area contributed by atoms with Crippen LogP contribution in [-0.4, -0.2) is 55.6 Å². The molecule has 116 valence electrons. The van der Waals surface area contributed by atoms with E-state index in [1.165, 1.54) is 56.6 Å². The highest BCUT2D eigenvalue weighted by Gasteiger charge is 2.19. The zero-order chi connectivity index (χ0) is 14.5. The van der Waals surface area contributed by atoms with Crippen molar-refractivity contribution in [3.8, 4) is 0 Å². The fraction of sp³-hybridized carbons (Fsp3) is 0.667. The first-order valence-corrected chi connectivity index (χ1v) is 8.52. The minimum atomic E-state index is 0.824. The van der Waals surface area contributed by atoms with E-state index >= 15 is 0 Å². The Morgan fingerprint density at radius 3 is 2.52 bits per heavy atom. The average Bonchev–Trinajstić information content (AvgIpc) is 3.31. The predicted molar refractivity (Wildman–Crippen MR) is 88.6 cm³/mol. The number of nitrogens with zero attached hydrogens (tertiary/aromatic N) is 2. The maximum atomic E-state index is 3.58. The van der Waals surface area contributed by atoms with Gasteiger partial charge in [0, 0.05) is 25.7 Å². The van der Waals surface area contributed by atoms with Gasteiger partial charge in [0.15, 0.2) is 0 Å². The lowest BCUT2D eigenvalue weighted by Gasteiger charge is -2.20. The zero-order valence-corrected chi connectivity index (χ0v) is 13.4. The highest BCUT2D eigenvalue weighted by Crippen LogP contribution is 2.18. The highest BCUT2D eigenvalue weighted by atomic mass is 15.2. The summed E-state index contributed by atoms with van der Waals surface area (Å²) in [5.74, 6) is 0. The van der Waals surface area contributed by atoms with E-state index in [4.69, 9.17) is 0 Å². The van der Waals surface area contributed by atoms with Crippen LogP contribution in [0.15, 0.2) is 24.3 Å². The number of benzene rings is 1. The smallest absolute Gasteiger partial charge is 0.0234 e. The van der Waals surface area contributed by atoms with Gasteiger partial charge in [0.2, 0.25) is 0 Å². The maximum absolute atomic E-state index is 3.58.